The Kier molecular flexibility index (Phi) is 7.26. The second-order valence-electron chi connectivity index (χ2n) is 8.93. The molecule has 1 saturated heterocycles. The Labute approximate surface area is 179 Å². The van der Waals surface area contributed by atoms with Crippen molar-refractivity contribution in [2.75, 3.05) is 39.3 Å². The molecule has 0 spiro atoms. The molecular weight excluding hydrogens is 378 g/mol. The molecule has 2 aliphatic heterocycles. The standard InChI is InChI=1S/C24H35N3O3/c28-23(25-11-4-14-26-12-2-1-3-13-26)10-6-19-5-9-22-21(17-19)18-27(15-16-30-22)24(29)20-7-8-20/h5,9,17,20H,1-4,6-8,10-16,18H2,(H,25,28). The minimum Gasteiger partial charge on any atom is -0.491 e. The Morgan fingerprint density at radius 2 is 1.93 bits per heavy atom. The second-order valence-corrected chi connectivity index (χ2v) is 8.93. The van der Waals surface area contributed by atoms with Crippen LogP contribution in [0.15, 0.2) is 18.2 Å². The predicted molar refractivity (Wildman–Crippen MR) is 116 cm³/mol. The van der Waals surface area contributed by atoms with Crippen LogP contribution in [0.1, 0.15) is 56.1 Å². The summed E-state index contributed by atoms with van der Waals surface area (Å²) in [5.74, 6) is 1.48. The number of hydrogen-bond donors (Lipinski definition) is 1. The van der Waals surface area contributed by atoms with Gasteiger partial charge in [-0.2, -0.15) is 0 Å². The molecule has 0 unspecified atom stereocenters. The summed E-state index contributed by atoms with van der Waals surface area (Å²) in [5.41, 5.74) is 2.18. The first kappa shape index (κ1) is 21.2. The highest BCUT2D eigenvalue weighted by molar-refractivity contribution is 5.81. The monoisotopic (exact) mass is 413 g/mol. The summed E-state index contributed by atoms with van der Waals surface area (Å²) in [6, 6.07) is 6.14. The minimum absolute atomic E-state index is 0.116. The number of carbonyl (C=O) groups is 2. The molecule has 1 N–H and O–H groups in total. The molecule has 164 valence electrons. The Balaban J connectivity index is 1.21. The topological polar surface area (TPSA) is 61.9 Å². The molecule has 3 aliphatic rings. The van der Waals surface area contributed by atoms with Crippen molar-refractivity contribution in [2.24, 2.45) is 5.92 Å². The van der Waals surface area contributed by atoms with Crippen LogP contribution in [0.4, 0.5) is 0 Å². The van der Waals surface area contributed by atoms with Crippen LogP contribution in [0.25, 0.3) is 0 Å². The summed E-state index contributed by atoms with van der Waals surface area (Å²) >= 11 is 0. The molecule has 1 aromatic carbocycles. The summed E-state index contributed by atoms with van der Waals surface area (Å²) in [4.78, 5) is 29.1. The van der Waals surface area contributed by atoms with Crippen LogP contribution in [0, 0.1) is 5.92 Å². The number of nitrogens with zero attached hydrogens (tertiary/aromatic N) is 2. The van der Waals surface area contributed by atoms with E-state index in [0.29, 0.717) is 32.5 Å². The van der Waals surface area contributed by atoms with Gasteiger partial charge in [-0.3, -0.25) is 9.59 Å². The fraction of sp³-hybridized carbons (Fsp3) is 0.667. The Hall–Kier alpha value is -2.08. The van der Waals surface area contributed by atoms with E-state index in [1.807, 2.05) is 17.0 Å². The van der Waals surface area contributed by atoms with Crippen LogP contribution < -0.4 is 10.1 Å². The number of likely N-dealkylation sites (tertiary alicyclic amines) is 1. The van der Waals surface area contributed by atoms with Gasteiger partial charge in [0, 0.05) is 31.0 Å². The van der Waals surface area contributed by atoms with E-state index in [1.165, 1.54) is 32.4 Å². The van der Waals surface area contributed by atoms with Crippen LogP contribution in [0.2, 0.25) is 0 Å². The highest BCUT2D eigenvalue weighted by atomic mass is 16.5. The maximum atomic E-state index is 12.5. The van der Waals surface area contributed by atoms with Crippen molar-refractivity contribution < 1.29 is 14.3 Å². The van der Waals surface area contributed by atoms with Gasteiger partial charge in [0.2, 0.25) is 11.8 Å². The van der Waals surface area contributed by atoms with E-state index in [-0.39, 0.29) is 17.7 Å². The molecular formula is C24H35N3O3. The van der Waals surface area contributed by atoms with Crippen molar-refractivity contribution in [2.45, 2.75) is 57.9 Å². The van der Waals surface area contributed by atoms with E-state index in [1.54, 1.807) is 0 Å². The van der Waals surface area contributed by atoms with Gasteiger partial charge in [-0.1, -0.05) is 18.6 Å². The molecule has 0 aromatic heterocycles. The summed E-state index contributed by atoms with van der Waals surface area (Å²) in [6.45, 7) is 6.07. The molecule has 2 heterocycles. The first-order valence-electron chi connectivity index (χ1n) is 11.7. The third-order valence-electron chi connectivity index (χ3n) is 6.41. The number of hydrogen-bond acceptors (Lipinski definition) is 4. The number of amides is 2. The lowest BCUT2D eigenvalue weighted by Crippen LogP contribution is -2.33. The molecule has 0 atom stereocenters. The zero-order valence-electron chi connectivity index (χ0n) is 18.0. The average molecular weight is 414 g/mol. The molecule has 1 saturated carbocycles. The zero-order chi connectivity index (χ0) is 20.8. The third kappa shape index (κ3) is 5.97. The summed E-state index contributed by atoms with van der Waals surface area (Å²) in [5, 5.41) is 3.06. The average Bonchev–Trinajstić information content (AvgIpc) is 3.62. The van der Waals surface area contributed by atoms with Crippen molar-refractivity contribution in [1.82, 2.24) is 15.1 Å². The van der Waals surface area contributed by atoms with E-state index in [0.717, 1.165) is 49.2 Å². The SMILES string of the molecule is O=C(CCc1ccc2c(c1)CN(C(=O)C1CC1)CCO2)NCCCN1CCCCC1. The number of piperidine rings is 1. The van der Waals surface area contributed by atoms with Crippen LogP contribution in [0.3, 0.4) is 0 Å². The molecule has 2 amide bonds. The molecule has 30 heavy (non-hydrogen) atoms. The van der Waals surface area contributed by atoms with Gasteiger partial charge in [-0.25, -0.2) is 0 Å². The van der Waals surface area contributed by atoms with E-state index in [2.05, 4.69) is 16.3 Å². The van der Waals surface area contributed by atoms with Gasteiger partial charge < -0.3 is 19.9 Å². The number of rotatable bonds is 8. The number of ether oxygens (including phenoxy) is 1. The second kappa shape index (κ2) is 10.3. The van der Waals surface area contributed by atoms with Crippen LogP contribution in [0.5, 0.6) is 5.75 Å². The lowest BCUT2D eigenvalue weighted by molar-refractivity contribution is -0.133. The van der Waals surface area contributed by atoms with Gasteiger partial charge >= 0.3 is 0 Å². The Bertz CT molecular complexity index is 741. The lowest BCUT2D eigenvalue weighted by Gasteiger charge is -2.26. The van der Waals surface area contributed by atoms with Crippen molar-refractivity contribution in [1.29, 1.82) is 0 Å². The molecule has 4 rings (SSSR count). The van der Waals surface area contributed by atoms with Crippen molar-refractivity contribution in [3.8, 4) is 5.75 Å². The maximum absolute atomic E-state index is 12.5. The smallest absolute Gasteiger partial charge is 0.226 e. The number of benzene rings is 1. The fourth-order valence-corrected chi connectivity index (χ4v) is 4.44. The van der Waals surface area contributed by atoms with Gasteiger partial charge in [0.15, 0.2) is 0 Å². The van der Waals surface area contributed by atoms with Gasteiger partial charge in [-0.05, 0) is 69.8 Å². The number of fused-ring (bicyclic) bond motifs is 1. The largest absolute Gasteiger partial charge is 0.491 e. The summed E-state index contributed by atoms with van der Waals surface area (Å²) < 4.78 is 5.85. The Morgan fingerprint density at radius 1 is 1.10 bits per heavy atom. The van der Waals surface area contributed by atoms with E-state index in [9.17, 15) is 9.59 Å². The fourth-order valence-electron chi connectivity index (χ4n) is 4.44. The van der Waals surface area contributed by atoms with Crippen molar-refractivity contribution in [3.63, 3.8) is 0 Å². The molecule has 2 fully saturated rings. The molecule has 1 aliphatic carbocycles. The van der Waals surface area contributed by atoms with Gasteiger partial charge in [-0.15, -0.1) is 0 Å². The normalized spacial score (nSPS) is 19.5. The number of aryl methyl sites for hydroxylation is 1. The zero-order valence-corrected chi connectivity index (χ0v) is 18.0. The molecule has 0 radical (unpaired) electrons. The summed E-state index contributed by atoms with van der Waals surface area (Å²) in [6.07, 6.45) is 8.25. The Morgan fingerprint density at radius 3 is 2.73 bits per heavy atom. The number of nitrogens with one attached hydrogen (secondary N) is 1. The summed E-state index contributed by atoms with van der Waals surface area (Å²) in [7, 11) is 0. The van der Waals surface area contributed by atoms with Gasteiger partial charge in [0.25, 0.3) is 0 Å². The maximum Gasteiger partial charge on any atom is 0.226 e. The van der Waals surface area contributed by atoms with E-state index < -0.39 is 0 Å². The minimum atomic E-state index is 0.116. The number of carbonyl (C=O) groups excluding carboxylic acids is 2. The van der Waals surface area contributed by atoms with Gasteiger partial charge in [0.1, 0.15) is 12.4 Å². The first-order valence-corrected chi connectivity index (χ1v) is 11.7. The van der Waals surface area contributed by atoms with Crippen LogP contribution in [-0.4, -0.2) is 60.9 Å². The molecule has 1 aromatic rings. The first-order chi connectivity index (χ1) is 14.7. The van der Waals surface area contributed by atoms with Crippen LogP contribution in [-0.2, 0) is 22.6 Å². The molecule has 6 heteroatoms. The van der Waals surface area contributed by atoms with Gasteiger partial charge in [0.05, 0.1) is 6.54 Å². The molecule has 6 nitrogen and oxygen atoms in total. The highest BCUT2D eigenvalue weighted by Gasteiger charge is 2.34. The lowest BCUT2D eigenvalue weighted by atomic mass is 10.0. The third-order valence-corrected chi connectivity index (χ3v) is 6.41. The van der Waals surface area contributed by atoms with Crippen molar-refractivity contribution >= 4 is 11.8 Å². The van der Waals surface area contributed by atoms with Crippen molar-refractivity contribution in [3.05, 3.63) is 29.3 Å². The molecule has 0 bridgehead atoms. The van der Waals surface area contributed by atoms with E-state index >= 15 is 0 Å². The van der Waals surface area contributed by atoms with Crippen LogP contribution >= 0.6 is 0 Å². The van der Waals surface area contributed by atoms with E-state index in [4.69, 9.17) is 4.74 Å². The predicted octanol–water partition coefficient (Wildman–Crippen LogP) is 2.74. The highest BCUT2D eigenvalue weighted by Crippen LogP contribution is 2.33. The quantitative estimate of drug-likeness (QED) is 0.666.